The van der Waals surface area contributed by atoms with Crippen molar-refractivity contribution in [1.29, 1.82) is 0 Å². The minimum atomic E-state index is -0.340. The van der Waals surface area contributed by atoms with Crippen molar-refractivity contribution in [3.8, 4) is 0 Å². The molecule has 17 heavy (non-hydrogen) atoms. The Morgan fingerprint density at radius 1 is 1.53 bits per heavy atom. The number of ether oxygens (including phenoxy) is 1. The SMILES string of the molecule is COC(=O)CC(c1ccc(C)c(F)c1)C(C)N. The zero-order valence-corrected chi connectivity index (χ0v) is 10.4. The first-order chi connectivity index (χ1) is 7.95. The van der Waals surface area contributed by atoms with Crippen LogP contribution in [0.3, 0.4) is 0 Å². The minimum absolute atomic E-state index is 0.163. The Labute approximate surface area is 101 Å². The molecule has 2 unspecified atom stereocenters. The number of hydrogen-bond acceptors (Lipinski definition) is 3. The van der Waals surface area contributed by atoms with E-state index in [2.05, 4.69) is 4.74 Å². The molecule has 0 spiro atoms. The van der Waals surface area contributed by atoms with Crippen LogP contribution in [0.25, 0.3) is 0 Å². The summed E-state index contributed by atoms with van der Waals surface area (Å²) >= 11 is 0. The average molecular weight is 239 g/mol. The normalized spacial score (nSPS) is 14.2. The molecule has 0 radical (unpaired) electrons. The van der Waals surface area contributed by atoms with Crippen molar-refractivity contribution in [2.45, 2.75) is 32.2 Å². The van der Waals surface area contributed by atoms with Gasteiger partial charge >= 0.3 is 5.97 Å². The number of benzene rings is 1. The number of halogens is 1. The summed E-state index contributed by atoms with van der Waals surface area (Å²) in [5.74, 6) is -0.844. The number of aryl methyl sites for hydroxylation is 1. The summed E-state index contributed by atoms with van der Waals surface area (Å²) in [6.07, 6.45) is 0.163. The maximum Gasteiger partial charge on any atom is 0.306 e. The topological polar surface area (TPSA) is 52.3 Å². The van der Waals surface area contributed by atoms with Crippen molar-refractivity contribution >= 4 is 5.97 Å². The average Bonchev–Trinajstić information content (AvgIpc) is 2.29. The van der Waals surface area contributed by atoms with Crippen LogP contribution in [0.1, 0.15) is 30.4 Å². The quantitative estimate of drug-likeness (QED) is 0.819. The Kier molecular flexibility index (Phi) is 4.63. The van der Waals surface area contributed by atoms with Gasteiger partial charge in [-0.3, -0.25) is 4.79 Å². The van der Waals surface area contributed by atoms with Crippen molar-refractivity contribution in [3.63, 3.8) is 0 Å². The molecule has 0 aromatic heterocycles. The Balaban J connectivity index is 2.97. The van der Waals surface area contributed by atoms with Gasteiger partial charge in [-0.1, -0.05) is 12.1 Å². The summed E-state index contributed by atoms with van der Waals surface area (Å²) in [5, 5.41) is 0. The zero-order valence-electron chi connectivity index (χ0n) is 10.4. The lowest BCUT2D eigenvalue weighted by molar-refractivity contribution is -0.141. The molecule has 0 aliphatic carbocycles. The molecule has 0 amide bonds. The number of rotatable bonds is 4. The van der Waals surface area contributed by atoms with Crippen molar-refractivity contribution in [3.05, 3.63) is 35.1 Å². The van der Waals surface area contributed by atoms with Crippen molar-refractivity contribution < 1.29 is 13.9 Å². The molecule has 3 nitrogen and oxygen atoms in total. The summed E-state index contributed by atoms with van der Waals surface area (Å²) in [5.41, 5.74) is 7.14. The highest BCUT2D eigenvalue weighted by atomic mass is 19.1. The van der Waals surface area contributed by atoms with Crippen molar-refractivity contribution in [2.24, 2.45) is 5.73 Å². The van der Waals surface area contributed by atoms with E-state index in [0.29, 0.717) is 5.56 Å². The monoisotopic (exact) mass is 239 g/mol. The van der Waals surface area contributed by atoms with Crippen molar-refractivity contribution in [2.75, 3.05) is 7.11 Å². The summed E-state index contributed by atoms with van der Waals surface area (Å²) in [4.78, 5) is 11.3. The van der Waals surface area contributed by atoms with E-state index in [1.165, 1.54) is 13.2 Å². The molecule has 1 aromatic carbocycles. The maximum absolute atomic E-state index is 13.5. The first-order valence-corrected chi connectivity index (χ1v) is 5.54. The largest absolute Gasteiger partial charge is 0.469 e. The highest BCUT2D eigenvalue weighted by Crippen LogP contribution is 2.24. The lowest BCUT2D eigenvalue weighted by atomic mass is 9.89. The summed E-state index contributed by atoms with van der Waals surface area (Å²) in [6, 6.07) is 4.69. The van der Waals surface area contributed by atoms with Gasteiger partial charge in [-0.2, -0.15) is 0 Å². The van der Waals surface area contributed by atoms with Gasteiger partial charge in [0.2, 0.25) is 0 Å². The fourth-order valence-corrected chi connectivity index (χ4v) is 1.71. The summed E-state index contributed by atoms with van der Waals surface area (Å²) < 4.78 is 18.1. The molecule has 0 saturated carbocycles. The van der Waals surface area contributed by atoms with E-state index >= 15 is 0 Å². The van der Waals surface area contributed by atoms with Crippen LogP contribution in [0.2, 0.25) is 0 Å². The summed E-state index contributed by atoms with van der Waals surface area (Å²) in [7, 11) is 1.33. The van der Waals surface area contributed by atoms with E-state index < -0.39 is 0 Å². The van der Waals surface area contributed by atoms with E-state index in [1.807, 2.05) is 0 Å². The molecular formula is C13H18FNO2. The fraction of sp³-hybridized carbons (Fsp3) is 0.462. The van der Waals surface area contributed by atoms with Crippen LogP contribution in [-0.4, -0.2) is 19.1 Å². The first kappa shape index (κ1) is 13.6. The number of hydrogen-bond donors (Lipinski definition) is 1. The third-order valence-electron chi connectivity index (χ3n) is 2.87. The van der Waals surface area contributed by atoms with Gasteiger partial charge in [-0.15, -0.1) is 0 Å². The van der Waals surface area contributed by atoms with Crippen LogP contribution < -0.4 is 5.73 Å². The van der Waals surface area contributed by atoms with Gasteiger partial charge in [0, 0.05) is 12.0 Å². The van der Waals surface area contributed by atoms with E-state index in [1.54, 1.807) is 26.0 Å². The van der Waals surface area contributed by atoms with Crippen LogP contribution in [0, 0.1) is 12.7 Å². The number of carbonyl (C=O) groups is 1. The molecule has 0 saturated heterocycles. The van der Waals surface area contributed by atoms with E-state index in [4.69, 9.17) is 5.73 Å². The number of methoxy groups -OCH3 is 1. The van der Waals surface area contributed by atoms with Crippen LogP contribution in [0.5, 0.6) is 0 Å². The zero-order chi connectivity index (χ0) is 13.0. The van der Waals surface area contributed by atoms with Crippen molar-refractivity contribution in [1.82, 2.24) is 0 Å². The van der Waals surface area contributed by atoms with Gasteiger partial charge in [-0.05, 0) is 31.0 Å². The Bertz CT molecular complexity index is 404. The van der Waals surface area contributed by atoms with Gasteiger partial charge < -0.3 is 10.5 Å². The summed E-state index contributed by atoms with van der Waals surface area (Å²) in [6.45, 7) is 3.49. The molecule has 94 valence electrons. The molecule has 2 N–H and O–H groups in total. The third kappa shape index (κ3) is 3.53. The lowest BCUT2D eigenvalue weighted by Crippen LogP contribution is -2.27. The van der Waals surface area contributed by atoms with E-state index in [9.17, 15) is 9.18 Å². The van der Waals surface area contributed by atoms with Crippen LogP contribution in [0.15, 0.2) is 18.2 Å². The highest BCUT2D eigenvalue weighted by molar-refractivity contribution is 5.70. The van der Waals surface area contributed by atoms with Crippen LogP contribution >= 0.6 is 0 Å². The molecular weight excluding hydrogens is 221 g/mol. The second kappa shape index (κ2) is 5.77. The molecule has 0 fully saturated rings. The second-order valence-electron chi connectivity index (χ2n) is 4.25. The Morgan fingerprint density at radius 2 is 2.18 bits per heavy atom. The molecule has 1 aromatic rings. The first-order valence-electron chi connectivity index (χ1n) is 5.54. The number of nitrogens with two attached hydrogens (primary N) is 1. The maximum atomic E-state index is 13.5. The van der Waals surface area contributed by atoms with Crippen LogP contribution in [0.4, 0.5) is 4.39 Å². The number of esters is 1. The lowest BCUT2D eigenvalue weighted by Gasteiger charge is -2.20. The van der Waals surface area contributed by atoms with Crippen LogP contribution in [-0.2, 0) is 9.53 Å². The van der Waals surface area contributed by atoms with Gasteiger partial charge in [0.15, 0.2) is 0 Å². The molecule has 4 heteroatoms. The Hall–Kier alpha value is -1.42. The number of carbonyl (C=O) groups excluding carboxylic acids is 1. The van der Waals surface area contributed by atoms with Gasteiger partial charge in [0.1, 0.15) is 5.82 Å². The molecule has 0 aliphatic rings. The Morgan fingerprint density at radius 3 is 2.65 bits per heavy atom. The molecule has 1 rings (SSSR count). The minimum Gasteiger partial charge on any atom is -0.469 e. The molecule has 0 bridgehead atoms. The predicted octanol–water partition coefficient (Wildman–Crippen LogP) is 2.13. The van der Waals surface area contributed by atoms with Gasteiger partial charge in [-0.25, -0.2) is 4.39 Å². The predicted molar refractivity (Wildman–Crippen MR) is 64.2 cm³/mol. The molecule has 0 aliphatic heterocycles. The van der Waals surface area contributed by atoms with Gasteiger partial charge in [0.05, 0.1) is 13.5 Å². The van der Waals surface area contributed by atoms with Gasteiger partial charge in [0.25, 0.3) is 0 Å². The second-order valence-corrected chi connectivity index (χ2v) is 4.25. The van der Waals surface area contributed by atoms with E-state index in [-0.39, 0.29) is 30.2 Å². The standard InChI is InChI=1S/C13H18FNO2/c1-8-4-5-10(6-12(8)14)11(9(2)15)7-13(16)17-3/h4-6,9,11H,7,15H2,1-3H3. The fourth-order valence-electron chi connectivity index (χ4n) is 1.71. The smallest absolute Gasteiger partial charge is 0.306 e. The third-order valence-corrected chi connectivity index (χ3v) is 2.87. The van der Waals surface area contributed by atoms with E-state index in [0.717, 1.165) is 5.56 Å². The molecule has 0 heterocycles. The molecule has 2 atom stereocenters. The highest BCUT2D eigenvalue weighted by Gasteiger charge is 2.21.